The van der Waals surface area contributed by atoms with Gasteiger partial charge in [-0.1, -0.05) is 34.1 Å². The molecule has 0 nitrogen and oxygen atoms in total. The van der Waals surface area contributed by atoms with E-state index in [-0.39, 0.29) is 4.83 Å². The Balaban J connectivity index is 2.07. The van der Waals surface area contributed by atoms with Gasteiger partial charge in [0.25, 0.3) is 0 Å². The Bertz CT molecular complexity index is 621. The van der Waals surface area contributed by atoms with Crippen molar-refractivity contribution in [2.24, 2.45) is 0 Å². The van der Waals surface area contributed by atoms with Crippen LogP contribution in [-0.2, 0) is 0 Å². The van der Waals surface area contributed by atoms with Crippen LogP contribution in [-0.4, -0.2) is 0 Å². The van der Waals surface area contributed by atoms with Gasteiger partial charge in [0.2, 0.25) is 0 Å². The van der Waals surface area contributed by atoms with Crippen molar-refractivity contribution in [3.05, 3.63) is 56.0 Å². The van der Waals surface area contributed by atoms with E-state index < -0.39 is 0 Å². The molecule has 0 radical (unpaired) electrons. The summed E-state index contributed by atoms with van der Waals surface area (Å²) in [5.74, 6) is 0. The van der Waals surface area contributed by atoms with Crippen LogP contribution in [0.1, 0.15) is 14.6 Å². The molecular weight excluding hydrogens is 380 g/mol. The monoisotopic (exact) mass is 386 g/mol. The largest absolute Gasteiger partial charge is 0.146 e. The van der Waals surface area contributed by atoms with Gasteiger partial charge in [-0.25, -0.2) is 0 Å². The lowest BCUT2D eigenvalue weighted by Gasteiger charge is -2.05. The van der Waals surface area contributed by atoms with Crippen molar-refractivity contribution in [3.8, 4) is 0 Å². The van der Waals surface area contributed by atoms with Gasteiger partial charge in [-0.2, -0.15) is 0 Å². The van der Waals surface area contributed by atoms with E-state index in [0.717, 1.165) is 0 Å². The standard InChI is InChI=1S/C13H8Br2S2/c14-9-5-6-16-13(9)12(15)11-7-8-3-1-2-4-10(8)17-11/h1-7,12H. The third-order valence-corrected chi connectivity index (χ3v) is 7.24. The number of benzene rings is 1. The highest BCUT2D eigenvalue weighted by Crippen LogP contribution is 2.42. The highest BCUT2D eigenvalue weighted by molar-refractivity contribution is 9.11. The number of halogens is 2. The normalized spacial score (nSPS) is 13.1. The van der Waals surface area contributed by atoms with Gasteiger partial charge in [0.15, 0.2) is 0 Å². The molecule has 0 aliphatic carbocycles. The molecule has 4 heteroatoms. The number of alkyl halides is 1. The van der Waals surface area contributed by atoms with Crippen LogP contribution in [0, 0.1) is 0 Å². The summed E-state index contributed by atoms with van der Waals surface area (Å²) in [4.78, 5) is 2.97. The number of fused-ring (bicyclic) bond motifs is 1. The second-order valence-corrected chi connectivity index (χ2v) is 7.52. The Kier molecular flexibility index (Phi) is 3.39. The molecule has 17 heavy (non-hydrogen) atoms. The van der Waals surface area contributed by atoms with Crippen molar-refractivity contribution in [1.29, 1.82) is 0 Å². The first kappa shape index (κ1) is 11.9. The Morgan fingerprint density at radius 3 is 2.65 bits per heavy atom. The topological polar surface area (TPSA) is 0 Å². The summed E-state index contributed by atoms with van der Waals surface area (Å²) >= 11 is 11.0. The van der Waals surface area contributed by atoms with E-state index in [2.05, 4.69) is 73.6 Å². The zero-order valence-electron chi connectivity index (χ0n) is 8.69. The summed E-state index contributed by atoms with van der Waals surface area (Å²) < 4.78 is 2.53. The molecular formula is C13H8Br2S2. The fourth-order valence-corrected chi connectivity index (χ4v) is 5.75. The summed E-state index contributed by atoms with van der Waals surface area (Å²) in [5, 5.41) is 3.44. The number of hydrogen-bond acceptors (Lipinski definition) is 2. The summed E-state index contributed by atoms with van der Waals surface area (Å²) in [6, 6.07) is 12.9. The lowest BCUT2D eigenvalue weighted by atomic mass is 10.2. The average Bonchev–Trinajstić information content (AvgIpc) is 2.93. The van der Waals surface area contributed by atoms with Gasteiger partial charge in [0.05, 0.1) is 4.83 Å². The van der Waals surface area contributed by atoms with Crippen LogP contribution in [0.4, 0.5) is 0 Å². The molecule has 0 N–H and O–H groups in total. The first-order valence-corrected chi connectivity index (χ1v) is 8.51. The lowest BCUT2D eigenvalue weighted by molar-refractivity contribution is 1.27. The fourth-order valence-electron chi connectivity index (χ4n) is 1.74. The SMILES string of the molecule is Brc1ccsc1C(Br)c1cc2ccccc2s1. The van der Waals surface area contributed by atoms with Gasteiger partial charge < -0.3 is 0 Å². The van der Waals surface area contributed by atoms with Crippen molar-refractivity contribution < 1.29 is 0 Å². The van der Waals surface area contributed by atoms with Gasteiger partial charge in [0, 0.05) is 18.9 Å². The molecule has 1 atom stereocenters. The lowest BCUT2D eigenvalue weighted by Crippen LogP contribution is -1.85. The van der Waals surface area contributed by atoms with Gasteiger partial charge in [-0.15, -0.1) is 22.7 Å². The van der Waals surface area contributed by atoms with Crippen molar-refractivity contribution >= 4 is 64.6 Å². The predicted octanol–water partition coefficient (Wildman–Crippen LogP) is 6.21. The smallest absolute Gasteiger partial charge is 0.0842 e. The van der Waals surface area contributed by atoms with E-state index >= 15 is 0 Å². The molecule has 86 valence electrons. The van der Waals surface area contributed by atoms with Crippen LogP contribution in [0.5, 0.6) is 0 Å². The molecule has 3 aromatic rings. The van der Waals surface area contributed by atoms with Crippen LogP contribution in [0.2, 0.25) is 0 Å². The third kappa shape index (κ3) is 2.24. The minimum atomic E-state index is 0.286. The number of thiophene rings is 2. The molecule has 0 amide bonds. The molecule has 0 bridgehead atoms. The van der Waals surface area contributed by atoms with Crippen molar-refractivity contribution in [1.82, 2.24) is 0 Å². The maximum atomic E-state index is 3.79. The van der Waals surface area contributed by atoms with Gasteiger partial charge in [0.1, 0.15) is 0 Å². The quantitative estimate of drug-likeness (QED) is 0.458. The second kappa shape index (κ2) is 4.84. The Morgan fingerprint density at radius 1 is 1.12 bits per heavy atom. The van der Waals surface area contributed by atoms with Gasteiger partial charge in [-0.05, 0) is 44.9 Å². The van der Waals surface area contributed by atoms with Crippen LogP contribution >= 0.6 is 54.5 Å². The van der Waals surface area contributed by atoms with Crippen LogP contribution in [0.15, 0.2) is 46.3 Å². The van der Waals surface area contributed by atoms with E-state index in [9.17, 15) is 0 Å². The number of rotatable bonds is 2. The van der Waals surface area contributed by atoms with Crippen molar-refractivity contribution in [2.75, 3.05) is 0 Å². The molecule has 0 spiro atoms. The molecule has 1 unspecified atom stereocenters. The second-order valence-electron chi connectivity index (χ2n) is 3.68. The first-order valence-electron chi connectivity index (χ1n) is 5.11. The van der Waals surface area contributed by atoms with Crippen LogP contribution in [0.25, 0.3) is 10.1 Å². The summed E-state index contributed by atoms with van der Waals surface area (Å²) in [7, 11) is 0. The zero-order valence-corrected chi connectivity index (χ0v) is 13.5. The Morgan fingerprint density at radius 2 is 1.94 bits per heavy atom. The maximum Gasteiger partial charge on any atom is 0.0842 e. The van der Waals surface area contributed by atoms with Gasteiger partial charge in [-0.3, -0.25) is 0 Å². The summed E-state index contributed by atoms with van der Waals surface area (Å²) in [5.41, 5.74) is 0. The van der Waals surface area contributed by atoms with Crippen LogP contribution < -0.4 is 0 Å². The molecule has 0 aliphatic rings. The molecule has 3 rings (SSSR count). The molecule has 0 saturated heterocycles. The number of hydrogen-bond donors (Lipinski definition) is 0. The van der Waals surface area contributed by atoms with E-state index in [1.807, 2.05) is 11.3 Å². The zero-order chi connectivity index (χ0) is 11.8. The van der Waals surface area contributed by atoms with Crippen LogP contribution in [0.3, 0.4) is 0 Å². The van der Waals surface area contributed by atoms with E-state index in [1.165, 1.54) is 24.3 Å². The van der Waals surface area contributed by atoms with E-state index in [0.29, 0.717) is 0 Å². The predicted molar refractivity (Wildman–Crippen MR) is 84.6 cm³/mol. The van der Waals surface area contributed by atoms with Crippen molar-refractivity contribution in [2.45, 2.75) is 4.83 Å². The van der Waals surface area contributed by atoms with E-state index in [4.69, 9.17) is 0 Å². The first-order chi connectivity index (χ1) is 8.25. The molecule has 0 saturated carbocycles. The maximum absolute atomic E-state index is 3.79. The summed E-state index contributed by atoms with van der Waals surface area (Å²) in [6.45, 7) is 0. The summed E-state index contributed by atoms with van der Waals surface area (Å²) in [6.07, 6.45) is 0. The molecule has 1 aromatic carbocycles. The van der Waals surface area contributed by atoms with E-state index in [1.54, 1.807) is 11.3 Å². The third-order valence-electron chi connectivity index (χ3n) is 2.57. The minimum absolute atomic E-state index is 0.286. The Hall–Kier alpha value is -0.160. The van der Waals surface area contributed by atoms with Gasteiger partial charge >= 0.3 is 0 Å². The average molecular weight is 388 g/mol. The molecule has 0 aliphatic heterocycles. The van der Waals surface area contributed by atoms with Crippen molar-refractivity contribution in [3.63, 3.8) is 0 Å². The Labute approximate surface area is 125 Å². The molecule has 2 heterocycles. The highest BCUT2D eigenvalue weighted by atomic mass is 79.9. The minimum Gasteiger partial charge on any atom is -0.146 e. The molecule has 0 fully saturated rings. The fraction of sp³-hybridized carbons (Fsp3) is 0.0769. The molecule has 2 aromatic heterocycles. The highest BCUT2D eigenvalue weighted by Gasteiger charge is 2.17.